The fourth-order valence-corrected chi connectivity index (χ4v) is 2.15. The highest BCUT2D eigenvalue weighted by atomic mass is 16.3. The Bertz CT molecular complexity index is 501. The van der Waals surface area contributed by atoms with Crippen LogP contribution in [0.4, 0.5) is 0 Å². The zero-order chi connectivity index (χ0) is 14.7. The van der Waals surface area contributed by atoms with Crippen LogP contribution in [0.2, 0.25) is 0 Å². The second-order valence-corrected chi connectivity index (χ2v) is 5.05. The SMILES string of the molecule is CN1CCN(C(=O)C(N)Cc2ccc(O)cc2)CC1=O. The standard InChI is InChI=1S/C14H19N3O3/c1-16-6-7-17(9-13(16)19)14(20)12(15)8-10-2-4-11(18)5-3-10/h2-5,12,18H,6-9,15H2,1H3. The van der Waals surface area contributed by atoms with Gasteiger partial charge in [-0.15, -0.1) is 0 Å². The minimum Gasteiger partial charge on any atom is -0.508 e. The lowest BCUT2D eigenvalue weighted by molar-refractivity contribution is -0.144. The number of likely N-dealkylation sites (N-methyl/N-ethyl adjacent to an activating group) is 1. The molecule has 0 spiro atoms. The third kappa shape index (κ3) is 3.27. The summed E-state index contributed by atoms with van der Waals surface area (Å²) in [6.45, 7) is 1.15. The van der Waals surface area contributed by atoms with Gasteiger partial charge in [-0.05, 0) is 24.1 Å². The molecule has 1 heterocycles. The van der Waals surface area contributed by atoms with Crippen molar-refractivity contribution in [2.24, 2.45) is 5.73 Å². The molecule has 0 radical (unpaired) electrons. The molecule has 1 aliphatic heterocycles. The summed E-state index contributed by atoms with van der Waals surface area (Å²) in [6.07, 6.45) is 0.389. The first-order chi connectivity index (χ1) is 9.47. The molecule has 3 N–H and O–H groups in total. The van der Waals surface area contributed by atoms with Gasteiger partial charge in [0.2, 0.25) is 11.8 Å². The summed E-state index contributed by atoms with van der Waals surface area (Å²) in [4.78, 5) is 26.9. The van der Waals surface area contributed by atoms with Crippen LogP contribution in [0.5, 0.6) is 5.75 Å². The lowest BCUT2D eigenvalue weighted by Crippen LogP contribution is -2.55. The highest BCUT2D eigenvalue weighted by Crippen LogP contribution is 2.12. The Balaban J connectivity index is 1.95. The van der Waals surface area contributed by atoms with Gasteiger partial charge in [-0.3, -0.25) is 9.59 Å². The lowest BCUT2D eigenvalue weighted by atomic mass is 10.0. The molecule has 0 aromatic heterocycles. The third-order valence-corrected chi connectivity index (χ3v) is 3.48. The van der Waals surface area contributed by atoms with Crippen molar-refractivity contribution >= 4 is 11.8 Å². The Hall–Kier alpha value is -2.08. The van der Waals surface area contributed by atoms with E-state index in [0.717, 1.165) is 5.56 Å². The normalized spacial score (nSPS) is 17.2. The first-order valence-corrected chi connectivity index (χ1v) is 6.53. The van der Waals surface area contributed by atoms with E-state index in [1.165, 1.54) is 4.90 Å². The third-order valence-electron chi connectivity index (χ3n) is 3.48. The van der Waals surface area contributed by atoms with Crippen molar-refractivity contribution in [1.82, 2.24) is 9.80 Å². The Kier molecular flexibility index (Phi) is 4.24. The van der Waals surface area contributed by atoms with E-state index in [9.17, 15) is 14.7 Å². The van der Waals surface area contributed by atoms with Gasteiger partial charge in [-0.2, -0.15) is 0 Å². The molecule has 1 unspecified atom stereocenters. The predicted molar refractivity (Wildman–Crippen MR) is 74.0 cm³/mol. The highest BCUT2D eigenvalue weighted by Gasteiger charge is 2.28. The average molecular weight is 277 g/mol. The molecule has 108 valence electrons. The van der Waals surface area contributed by atoms with Crippen molar-refractivity contribution in [3.8, 4) is 5.75 Å². The second-order valence-electron chi connectivity index (χ2n) is 5.05. The van der Waals surface area contributed by atoms with Crippen LogP contribution in [-0.2, 0) is 16.0 Å². The molecule has 6 nitrogen and oxygen atoms in total. The molecule has 6 heteroatoms. The smallest absolute Gasteiger partial charge is 0.241 e. The number of carbonyl (C=O) groups excluding carboxylic acids is 2. The summed E-state index contributed by atoms with van der Waals surface area (Å²) in [6, 6.07) is 5.92. The van der Waals surface area contributed by atoms with Crippen LogP contribution >= 0.6 is 0 Å². The van der Waals surface area contributed by atoms with Crippen molar-refractivity contribution in [3.63, 3.8) is 0 Å². The van der Waals surface area contributed by atoms with Gasteiger partial charge in [0.25, 0.3) is 0 Å². The monoisotopic (exact) mass is 277 g/mol. The van der Waals surface area contributed by atoms with Crippen LogP contribution in [0.15, 0.2) is 24.3 Å². The first kappa shape index (κ1) is 14.3. The van der Waals surface area contributed by atoms with Gasteiger partial charge in [0.15, 0.2) is 0 Å². The molecule has 1 saturated heterocycles. The average Bonchev–Trinajstić information content (AvgIpc) is 2.43. The van der Waals surface area contributed by atoms with Crippen molar-refractivity contribution in [2.45, 2.75) is 12.5 Å². The number of hydrogen-bond donors (Lipinski definition) is 2. The summed E-state index contributed by atoms with van der Waals surface area (Å²) >= 11 is 0. The molecule has 1 fully saturated rings. The van der Waals surface area contributed by atoms with E-state index in [0.29, 0.717) is 19.5 Å². The van der Waals surface area contributed by atoms with Gasteiger partial charge in [0.1, 0.15) is 5.75 Å². The Morgan fingerprint density at radius 2 is 2.00 bits per heavy atom. The van der Waals surface area contributed by atoms with Gasteiger partial charge in [0.05, 0.1) is 12.6 Å². The van der Waals surface area contributed by atoms with Crippen molar-refractivity contribution in [2.75, 3.05) is 26.7 Å². The number of carbonyl (C=O) groups is 2. The Labute approximate surface area is 117 Å². The van der Waals surface area contributed by atoms with Crippen molar-refractivity contribution < 1.29 is 14.7 Å². The van der Waals surface area contributed by atoms with Gasteiger partial charge < -0.3 is 20.6 Å². The number of rotatable bonds is 3. The molecule has 1 aromatic rings. The number of hydrogen-bond acceptors (Lipinski definition) is 4. The van der Waals surface area contributed by atoms with Crippen LogP contribution < -0.4 is 5.73 Å². The largest absolute Gasteiger partial charge is 0.508 e. The van der Waals surface area contributed by atoms with E-state index in [1.807, 2.05) is 0 Å². The maximum Gasteiger partial charge on any atom is 0.241 e. The molecule has 0 saturated carbocycles. The molecular formula is C14H19N3O3. The molecule has 2 rings (SSSR count). The van der Waals surface area contributed by atoms with Gasteiger partial charge in [0, 0.05) is 20.1 Å². The first-order valence-electron chi connectivity index (χ1n) is 6.53. The van der Waals surface area contributed by atoms with Crippen LogP contribution in [-0.4, -0.2) is 59.4 Å². The van der Waals surface area contributed by atoms with Gasteiger partial charge in [-0.25, -0.2) is 0 Å². The number of nitrogens with zero attached hydrogens (tertiary/aromatic N) is 2. The number of piperazine rings is 1. The van der Waals surface area contributed by atoms with E-state index in [1.54, 1.807) is 36.2 Å². The zero-order valence-corrected chi connectivity index (χ0v) is 11.5. The molecule has 2 amide bonds. The molecule has 1 aliphatic rings. The molecule has 1 aromatic carbocycles. The Morgan fingerprint density at radius 3 is 2.60 bits per heavy atom. The van der Waals surface area contributed by atoms with E-state index in [2.05, 4.69) is 0 Å². The van der Waals surface area contributed by atoms with Crippen LogP contribution in [0, 0.1) is 0 Å². The molecule has 20 heavy (non-hydrogen) atoms. The number of nitrogens with two attached hydrogens (primary N) is 1. The second kappa shape index (κ2) is 5.92. The lowest BCUT2D eigenvalue weighted by Gasteiger charge is -2.33. The van der Waals surface area contributed by atoms with Crippen molar-refractivity contribution in [3.05, 3.63) is 29.8 Å². The quantitative estimate of drug-likeness (QED) is 0.784. The van der Waals surface area contributed by atoms with Crippen LogP contribution in [0.1, 0.15) is 5.56 Å². The van der Waals surface area contributed by atoms with E-state index >= 15 is 0 Å². The van der Waals surface area contributed by atoms with E-state index in [-0.39, 0.29) is 24.1 Å². The molecule has 0 aliphatic carbocycles. The summed E-state index contributed by atoms with van der Waals surface area (Å²) in [5.41, 5.74) is 6.80. The van der Waals surface area contributed by atoms with E-state index < -0.39 is 6.04 Å². The maximum absolute atomic E-state index is 12.2. The van der Waals surface area contributed by atoms with Gasteiger partial charge >= 0.3 is 0 Å². The summed E-state index contributed by atoms with van der Waals surface area (Å²) in [5, 5.41) is 9.21. The number of aromatic hydroxyl groups is 1. The predicted octanol–water partition coefficient (Wildman–Crippen LogP) is -0.437. The molecule has 0 bridgehead atoms. The van der Waals surface area contributed by atoms with E-state index in [4.69, 9.17) is 5.73 Å². The van der Waals surface area contributed by atoms with Crippen LogP contribution in [0.25, 0.3) is 0 Å². The van der Waals surface area contributed by atoms with Gasteiger partial charge in [-0.1, -0.05) is 12.1 Å². The summed E-state index contributed by atoms with van der Waals surface area (Å²) in [5.74, 6) is -0.0979. The maximum atomic E-state index is 12.2. The highest BCUT2D eigenvalue weighted by molar-refractivity contribution is 5.88. The minimum atomic E-state index is -0.671. The summed E-state index contributed by atoms with van der Waals surface area (Å²) in [7, 11) is 1.72. The van der Waals surface area contributed by atoms with Crippen LogP contribution in [0.3, 0.4) is 0 Å². The topological polar surface area (TPSA) is 86.9 Å². The number of benzene rings is 1. The fraction of sp³-hybridized carbons (Fsp3) is 0.429. The molecule has 1 atom stereocenters. The fourth-order valence-electron chi connectivity index (χ4n) is 2.15. The minimum absolute atomic E-state index is 0.0681. The Morgan fingerprint density at radius 1 is 1.35 bits per heavy atom. The number of phenolic OH excluding ortho intramolecular Hbond substituents is 1. The molecular weight excluding hydrogens is 258 g/mol. The number of amides is 2. The number of phenols is 1. The zero-order valence-electron chi connectivity index (χ0n) is 11.5. The summed E-state index contributed by atoms with van der Waals surface area (Å²) < 4.78 is 0. The van der Waals surface area contributed by atoms with Crippen molar-refractivity contribution in [1.29, 1.82) is 0 Å².